The summed E-state index contributed by atoms with van der Waals surface area (Å²) in [6.45, 7) is 0.274. The Kier molecular flexibility index (Phi) is 4.59. The number of halogens is 4. The lowest BCUT2D eigenvalue weighted by Gasteiger charge is -2.10. The standard InChI is InChI=1S/C17H13ClF3N3/c18-14-5-11(19)3-4-13(14)17-16(7-22)24(9-23-17)8-10-1-2-12(20)6-15(10)21/h1-6,9H,7-8,22H2. The fourth-order valence-electron chi connectivity index (χ4n) is 2.50. The second kappa shape index (κ2) is 6.67. The van der Waals surface area contributed by atoms with Gasteiger partial charge in [0.25, 0.3) is 0 Å². The van der Waals surface area contributed by atoms with Crippen LogP contribution in [0.4, 0.5) is 13.2 Å². The Hall–Kier alpha value is -2.31. The van der Waals surface area contributed by atoms with Gasteiger partial charge < -0.3 is 10.3 Å². The predicted octanol–water partition coefficient (Wildman–Crippen LogP) is 4.13. The van der Waals surface area contributed by atoms with Crippen molar-refractivity contribution in [3.05, 3.63) is 76.5 Å². The highest BCUT2D eigenvalue weighted by molar-refractivity contribution is 6.33. The van der Waals surface area contributed by atoms with Crippen LogP contribution in [-0.4, -0.2) is 9.55 Å². The van der Waals surface area contributed by atoms with Crippen LogP contribution < -0.4 is 5.73 Å². The van der Waals surface area contributed by atoms with E-state index in [2.05, 4.69) is 4.98 Å². The molecule has 2 N–H and O–H groups in total. The SMILES string of the molecule is NCc1c(-c2ccc(F)cc2Cl)ncn1Cc1ccc(F)cc1F. The number of hydrogen-bond donors (Lipinski definition) is 1. The van der Waals surface area contributed by atoms with Crippen LogP contribution in [0.3, 0.4) is 0 Å². The first kappa shape index (κ1) is 16.5. The highest BCUT2D eigenvalue weighted by Gasteiger charge is 2.16. The summed E-state index contributed by atoms with van der Waals surface area (Å²) in [5.41, 5.74) is 7.76. The van der Waals surface area contributed by atoms with Gasteiger partial charge in [-0.1, -0.05) is 17.7 Å². The number of nitrogens with two attached hydrogens (primary N) is 1. The van der Waals surface area contributed by atoms with Crippen LogP contribution in [0.25, 0.3) is 11.3 Å². The fourth-order valence-corrected chi connectivity index (χ4v) is 2.75. The van der Waals surface area contributed by atoms with Gasteiger partial charge in [-0.15, -0.1) is 0 Å². The quantitative estimate of drug-likeness (QED) is 0.768. The molecule has 0 aliphatic heterocycles. The summed E-state index contributed by atoms with van der Waals surface area (Å²) < 4.78 is 41.7. The van der Waals surface area contributed by atoms with Crippen molar-refractivity contribution in [1.82, 2.24) is 9.55 Å². The van der Waals surface area contributed by atoms with E-state index in [0.29, 0.717) is 22.5 Å². The molecule has 0 radical (unpaired) electrons. The highest BCUT2D eigenvalue weighted by Crippen LogP contribution is 2.30. The lowest BCUT2D eigenvalue weighted by atomic mass is 10.1. The molecule has 24 heavy (non-hydrogen) atoms. The lowest BCUT2D eigenvalue weighted by molar-refractivity contribution is 0.564. The summed E-state index contributed by atoms with van der Waals surface area (Å²) in [4.78, 5) is 4.27. The summed E-state index contributed by atoms with van der Waals surface area (Å²) in [6.07, 6.45) is 1.50. The number of nitrogens with zero attached hydrogens (tertiary/aromatic N) is 2. The molecule has 7 heteroatoms. The predicted molar refractivity (Wildman–Crippen MR) is 86.0 cm³/mol. The summed E-state index contributed by atoms with van der Waals surface area (Å²) in [6, 6.07) is 7.37. The third kappa shape index (κ3) is 3.16. The zero-order chi connectivity index (χ0) is 17.3. The molecule has 2 aromatic carbocycles. The van der Waals surface area contributed by atoms with Crippen molar-refractivity contribution in [1.29, 1.82) is 0 Å². The first-order chi connectivity index (χ1) is 11.5. The summed E-state index contributed by atoms with van der Waals surface area (Å²) in [5, 5.41) is 0.211. The van der Waals surface area contributed by atoms with Crippen LogP contribution in [0.5, 0.6) is 0 Å². The molecule has 3 nitrogen and oxygen atoms in total. The van der Waals surface area contributed by atoms with Crippen molar-refractivity contribution in [2.24, 2.45) is 5.73 Å². The monoisotopic (exact) mass is 351 g/mol. The normalized spacial score (nSPS) is 11.0. The summed E-state index contributed by atoms with van der Waals surface area (Å²) >= 11 is 6.07. The van der Waals surface area contributed by atoms with Gasteiger partial charge in [0, 0.05) is 23.7 Å². The molecule has 0 unspecified atom stereocenters. The molecule has 0 saturated carbocycles. The van der Waals surface area contributed by atoms with Crippen molar-refractivity contribution >= 4 is 11.6 Å². The zero-order valence-corrected chi connectivity index (χ0v) is 13.2. The average Bonchev–Trinajstić information content (AvgIpc) is 2.92. The van der Waals surface area contributed by atoms with Crippen molar-refractivity contribution in [2.45, 2.75) is 13.1 Å². The van der Waals surface area contributed by atoms with Gasteiger partial charge in [0.15, 0.2) is 0 Å². The van der Waals surface area contributed by atoms with Gasteiger partial charge in [0.05, 0.1) is 29.3 Å². The smallest absolute Gasteiger partial charge is 0.131 e. The minimum absolute atomic E-state index is 0.131. The number of benzene rings is 2. The molecule has 3 rings (SSSR count). The molecule has 0 aliphatic carbocycles. The third-order valence-electron chi connectivity index (χ3n) is 3.68. The third-order valence-corrected chi connectivity index (χ3v) is 3.99. The van der Waals surface area contributed by atoms with Gasteiger partial charge in [-0.05, 0) is 24.3 Å². The van der Waals surface area contributed by atoms with Gasteiger partial charge >= 0.3 is 0 Å². The lowest BCUT2D eigenvalue weighted by Crippen LogP contribution is -2.10. The molecule has 0 amide bonds. The zero-order valence-electron chi connectivity index (χ0n) is 12.4. The van der Waals surface area contributed by atoms with Crippen molar-refractivity contribution < 1.29 is 13.2 Å². The molecule has 1 heterocycles. The van der Waals surface area contributed by atoms with E-state index in [-0.39, 0.29) is 18.1 Å². The Balaban J connectivity index is 2.00. The first-order valence-corrected chi connectivity index (χ1v) is 7.51. The Morgan fingerprint density at radius 2 is 1.75 bits per heavy atom. The maximum atomic E-state index is 13.8. The van der Waals surface area contributed by atoms with Gasteiger partial charge in [-0.3, -0.25) is 0 Å². The minimum atomic E-state index is -0.645. The average molecular weight is 352 g/mol. The van der Waals surface area contributed by atoms with Crippen molar-refractivity contribution in [3.63, 3.8) is 0 Å². The number of hydrogen-bond acceptors (Lipinski definition) is 2. The molecule has 3 aromatic rings. The second-order valence-electron chi connectivity index (χ2n) is 5.23. The second-order valence-corrected chi connectivity index (χ2v) is 5.64. The van der Waals surface area contributed by atoms with E-state index < -0.39 is 17.5 Å². The Morgan fingerprint density at radius 3 is 2.42 bits per heavy atom. The number of rotatable bonds is 4. The van der Waals surface area contributed by atoms with E-state index >= 15 is 0 Å². The van der Waals surface area contributed by atoms with Crippen LogP contribution in [0.1, 0.15) is 11.3 Å². The van der Waals surface area contributed by atoms with Crippen LogP contribution in [0, 0.1) is 17.5 Å². The van der Waals surface area contributed by atoms with Gasteiger partial charge in [-0.25, -0.2) is 18.2 Å². The summed E-state index contributed by atoms with van der Waals surface area (Å²) in [5.74, 6) is -1.74. The van der Waals surface area contributed by atoms with Crippen LogP contribution >= 0.6 is 11.6 Å². The molecule has 1 aromatic heterocycles. The van der Waals surface area contributed by atoms with Crippen LogP contribution in [-0.2, 0) is 13.1 Å². The molecule has 0 atom stereocenters. The number of aromatic nitrogens is 2. The van der Waals surface area contributed by atoms with E-state index in [1.807, 2.05) is 0 Å². The molecule has 0 bridgehead atoms. The number of imidazole rings is 1. The van der Waals surface area contributed by atoms with Crippen LogP contribution in [0.2, 0.25) is 5.02 Å². The Labute approximate surface area is 141 Å². The molecular weight excluding hydrogens is 339 g/mol. The molecule has 0 aliphatic rings. The maximum Gasteiger partial charge on any atom is 0.131 e. The maximum absolute atomic E-state index is 13.8. The van der Waals surface area contributed by atoms with E-state index in [1.165, 1.54) is 36.7 Å². The van der Waals surface area contributed by atoms with E-state index in [4.69, 9.17) is 17.3 Å². The van der Waals surface area contributed by atoms with Crippen molar-refractivity contribution in [2.75, 3.05) is 0 Å². The molecule has 0 fully saturated rings. The van der Waals surface area contributed by atoms with E-state index in [9.17, 15) is 13.2 Å². The molecule has 0 saturated heterocycles. The molecule has 0 spiro atoms. The Morgan fingerprint density at radius 1 is 1.04 bits per heavy atom. The minimum Gasteiger partial charge on any atom is -0.328 e. The topological polar surface area (TPSA) is 43.8 Å². The fraction of sp³-hybridized carbons (Fsp3) is 0.118. The van der Waals surface area contributed by atoms with Gasteiger partial charge in [0.1, 0.15) is 17.5 Å². The first-order valence-electron chi connectivity index (χ1n) is 7.13. The summed E-state index contributed by atoms with van der Waals surface area (Å²) in [7, 11) is 0. The molecular formula is C17H13ClF3N3. The highest BCUT2D eigenvalue weighted by atomic mass is 35.5. The van der Waals surface area contributed by atoms with E-state index in [0.717, 1.165) is 6.07 Å². The largest absolute Gasteiger partial charge is 0.328 e. The van der Waals surface area contributed by atoms with Crippen LogP contribution in [0.15, 0.2) is 42.7 Å². The molecule has 124 valence electrons. The van der Waals surface area contributed by atoms with Crippen molar-refractivity contribution in [3.8, 4) is 11.3 Å². The van der Waals surface area contributed by atoms with Gasteiger partial charge in [-0.2, -0.15) is 0 Å². The van der Waals surface area contributed by atoms with E-state index in [1.54, 1.807) is 4.57 Å². The van der Waals surface area contributed by atoms with Gasteiger partial charge in [0.2, 0.25) is 0 Å². The Bertz CT molecular complexity index is 893.